The van der Waals surface area contributed by atoms with Crippen LogP contribution in [0, 0.1) is 20.8 Å². The predicted octanol–water partition coefficient (Wildman–Crippen LogP) is 5.70. The minimum absolute atomic E-state index is 0.182. The minimum Gasteiger partial charge on any atom is -0.312 e. The lowest BCUT2D eigenvalue weighted by molar-refractivity contribution is 0.430. The maximum absolute atomic E-state index is 3.87. The van der Waals surface area contributed by atoms with Crippen LogP contribution in [0.25, 0.3) is 0 Å². The van der Waals surface area contributed by atoms with Gasteiger partial charge in [-0.1, -0.05) is 72.8 Å². The summed E-state index contributed by atoms with van der Waals surface area (Å²) in [5.74, 6) is 0. The molecule has 4 rings (SSSR count). The van der Waals surface area contributed by atoms with Crippen molar-refractivity contribution in [1.29, 1.82) is 0 Å². The molecule has 0 bridgehead atoms. The van der Waals surface area contributed by atoms with Gasteiger partial charge in [-0.15, -0.1) is 0 Å². The molecule has 1 nitrogen and oxygen atoms in total. The normalized spacial score (nSPS) is 17.2. The monoisotopic (exact) mass is 355 g/mol. The number of benzene rings is 3. The second kappa shape index (κ2) is 7.32. The molecule has 1 heteroatoms. The summed E-state index contributed by atoms with van der Waals surface area (Å²) >= 11 is 0. The van der Waals surface area contributed by atoms with E-state index in [0.717, 1.165) is 6.54 Å². The van der Waals surface area contributed by atoms with Gasteiger partial charge in [-0.3, -0.25) is 0 Å². The van der Waals surface area contributed by atoms with E-state index in [1.807, 2.05) is 0 Å². The predicted molar refractivity (Wildman–Crippen MR) is 114 cm³/mol. The van der Waals surface area contributed by atoms with E-state index >= 15 is 0 Å². The first-order valence-electron chi connectivity index (χ1n) is 10.1. The van der Waals surface area contributed by atoms with Crippen LogP contribution < -0.4 is 5.32 Å². The van der Waals surface area contributed by atoms with Gasteiger partial charge in [0.25, 0.3) is 0 Å². The van der Waals surface area contributed by atoms with Crippen LogP contribution in [-0.4, -0.2) is 12.6 Å². The van der Waals surface area contributed by atoms with E-state index < -0.39 is 0 Å². The summed E-state index contributed by atoms with van der Waals surface area (Å²) in [6, 6.07) is 27.2. The fourth-order valence-electron chi connectivity index (χ4n) is 5.10. The molecule has 0 spiro atoms. The van der Waals surface area contributed by atoms with Crippen molar-refractivity contribution in [2.75, 3.05) is 6.54 Å². The van der Waals surface area contributed by atoms with Gasteiger partial charge in [-0.25, -0.2) is 0 Å². The SMILES string of the molecule is Cc1ccccc1C(c1ccccc1C)(c1ccccc1C)C1CCCN1. The van der Waals surface area contributed by atoms with Gasteiger partial charge in [-0.05, 0) is 73.5 Å². The quantitative estimate of drug-likeness (QED) is 0.592. The fourth-order valence-corrected chi connectivity index (χ4v) is 5.10. The molecule has 1 heterocycles. The lowest BCUT2D eigenvalue weighted by Gasteiger charge is -2.44. The third-order valence-electron chi connectivity index (χ3n) is 6.29. The fraction of sp³-hybridized carbons (Fsp3) is 0.308. The van der Waals surface area contributed by atoms with Crippen LogP contribution in [0.2, 0.25) is 0 Å². The second-order valence-electron chi connectivity index (χ2n) is 7.90. The molecule has 138 valence electrons. The smallest absolute Gasteiger partial charge is 0.0611 e. The molecule has 1 fully saturated rings. The van der Waals surface area contributed by atoms with Crippen molar-refractivity contribution in [3.63, 3.8) is 0 Å². The van der Waals surface area contributed by atoms with Crippen molar-refractivity contribution in [2.24, 2.45) is 0 Å². The highest BCUT2D eigenvalue weighted by atomic mass is 15.0. The van der Waals surface area contributed by atoms with Crippen molar-refractivity contribution in [3.8, 4) is 0 Å². The van der Waals surface area contributed by atoms with Crippen LogP contribution in [0.15, 0.2) is 72.8 Å². The highest BCUT2D eigenvalue weighted by Gasteiger charge is 2.46. The number of hydrogen-bond donors (Lipinski definition) is 1. The number of hydrogen-bond acceptors (Lipinski definition) is 1. The molecule has 3 aromatic rings. The van der Waals surface area contributed by atoms with Gasteiger partial charge in [0.15, 0.2) is 0 Å². The molecule has 1 N–H and O–H groups in total. The average molecular weight is 356 g/mol. The first-order chi connectivity index (χ1) is 13.2. The van der Waals surface area contributed by atoms with Gasteiger partial charge in [0.1, 0.15) is 0 Å². The van der Waals surface area contributed by atoms with Crippen molar-refractivity contribution in [3.05, 3.63) is 106 Å². The highest BCUT2D eigenvalue weighted by Crippen LogP contribution is 2.47. The summed E-state index contributed by atoms with van der Waals surface area (Å²) in [6.07, 6.45) is 2.42. The molecule has 0 saturated carbocycles. The van der Waals surface area contributed by atoms with Crippen LogP contribution in [0.3, 0.4) is 0 Å². The van der Waals surface area contributed by atoms with E-state index in [1.54, 1.807) is 0 Å². The number of rotatable bonds is 4. The minimum atomic E-state index is -0.182. The van der Waals surface area contributed by atoms with Crippen molar-refractivity contribution >= 4 is 0 Å². The zero-order valence-electron chi connectivity index (χ0n) is 16.6. The zero-order valence-corrected chi connectivity index (χ0v) is 16.6. The Bertz CT molecular complexity index is 823. The van der Waals surface area contributed by atoms with E-state index in [1.165, 1.54) is 46.2 Å². The molecule has 1 aliphatic rings. The van der Waals surface area contributed by atoms with Crippen LogP contribution in [0.5, 0.6) is 0 Å². The van der Waals surface area contributed by atoms with Crippen molar-refractivity contribution in [2.45, 2.75) is 45.1 Å². The Hall–Kier alpha value is -2.38. The Morgan fingerprint density at radius 3 is 1.41 bits per heavy atom. The van der Waals surface area contributed by atoms with E-state index in [4.69, 9.17) is 0 Å². The average Bonchev–Trinajstić information content (AvgIpc) is 3.21. The summed E-state index contributed by atoms with van der Waals surface area (Å²) in [5.41, 5.74) is 8.17. The Balaban J connectivity index is 2.14. The molecule has 27 heavy (non-hydrogen) atoms. The molecule has 1 aliphatic heterocycles. The molecular weight excluding hydrogens is 326 g/mol. The van der Waals surface area contributed by atoms with Crippen LogP contribution >= 0.6 is 0 Å². The lowest BCUT2D eigenvalue weighted by Crippen LogP contribution is -2.48. The molecular formula is C26H29N. The van der Waals surface area contributed by atoms with E-state index in [9.17, 15) is 0 Å². The maximum atomic E-state index is 3.87. The molecule has 1 saturated heterocycles. The summed E-state index contributed by atoms with van der Waals surface area (Å²) in [4.78, 5) is 0. The Labute approximate surface area is 163 Å². The Kier molecular flexibility index (Phi) is 4.88. The molecule has 1 unspecified atom stereocenters. The van der Waals surface area contributed by atoms with Crippen LogP contribution in [-0.2, 0) is 5.41 Å². The number of aryl methyl sites for hydroxylation is 3. The zero-order chi connectivity index (χ0) is 18.9. The topological polar surface area (TPSA) is 12.0 Å². The van der Waals surface area contributed by atoms with Crippen molar-refractivity contribution < 1.29 is 0 Å². The van der Waals surface area contributed by atoms with Gasteiger partial charge < -0.3 is 5.32 Å². The summed E-state index contributed by atoms with van der Waals surface area (Å²) in [5, 5.41) is 3.87. The summed E-state index contributed by atoms with van der Waals surface area (Å²) in [6.45, 7) is 7.87. The van der Waals surface area contributed by atoms with Crippen LogP contribution in [0.1, 0.15) is 46.2 Å². The Morgan fingerprint density at radius 1 is 0.667 bits per heavy atom. The van der Waals surface area contributed by atoms with E-state index in [2.05, 4.69) is 98.9 Å². The molecule has 0 aromatic heterocycles. The van der Waals surface area contributed by atoms with E-state index in [0.29, 0.717) is 6.04 Å². The first-order valence-corrected chi connectivity index (χ1v) is 10.1. The number of nitrogens with one attached hydrogen (secondary N) is 1. The third-order valence-corrected chi connectivity index (χ3v) is 6.29. The highest BCUT2D eigenvalue weighted by molar-refractivity contribution is 5.58. The van der Waals surface area contributed by atoms with Gasteiger partial charge in [0.2, 0.25) is 0 Å². The maximum Gasteiger partial charge on any atom is 0.0611 e. The summed E-state index contributed by atoms with van der Waals surface area (Å²) < 4.78 is 0. The molecule has 1 atom stereocenters. The first kappa shape index (κ1) is 18.0. The lowest BCUT2D eigenvalue weighted by atomic mass is 9.61. The second-order valence-corrected chi connectivity index (χ2v) is 7.90. The van der Waals surface area contributed by atoms with Crippen molar-refractivity contribution in [1.82, 2.24) is 5.32 Å². The molecule has 3 aromatic carbocycles. The van der Waals surface area contributed by atoms with Gasteiger partial charge >= 0.3 is 0 Å². The molecule has 0 aliphatic carbocycles. The molecule has 0 radical (unpaired) electrons. The van der Waals surface area contributed by atoms with Gasteiger partial charge in [0.05, 0.1) is 5.41 Å². The Morgan fingerprint density at radius 2 is 1.07 bits per heavy atom. The molecule has 0 amide bonds. The summed E-state index contributed by atoms with van der Waals surface area (Å²) in [7, 11) is 0. The third kappa shape index (κ3) is 2.91. The van der Waals surface area contributed by atoms with Crippen LogP contribution in [0.4, 0.5) is 0 Å². The van der Waals surface area contributed by atoms with Gasteiger partial charge in [0, 0.05) is 6.04 Å². The van der Waals surface area contributed by atoms with E-state index in [-0.39, 0.29) is 5.41 Å². The largest absolute Gasteiger partial charge is 0.312 e. The standard InChI is InChI=1S/C26H29N/c1-19-11-4-7-14-22(19)26(25-17-10-18-27-25,23-15-8-5-12-20(23)2)24-16-9-6-13-21(24)3/h4-9,11-16,25,27H,10,17-18H2,1-3H3. The van der Waals surface area contributed by atoms with Gasteiger partial charge in [-0.2, -0.15) is 0 Å².